The van der Waals surface area contributed by atoms with Crippen molar-refractivity contribution in [3.8, 4) is 5.75 Å². The summed E-state index contributed by atoms with van der Waals surface area (Å²) in [6.07, 6.45) is 0. The summed E-state index contributed by atoms with van der Waals surface area (Å²) >= 11 is 0. The Morgan fingerprint density at radius 3 is 2.21 bits per heavy atom. The molecule has 146 valence electrons. The molecule has 0 aliphatic carbocycles. The first-order valence-electron chi connectivity index (χ1n) is 8.98. The molecule has 2 aromatic rings. The van der Waals surface area contributed by atoms with Crippen LogP contribution < -0.4 is 15.5 Å². The molecule has 1 atom stereocenters. The van der Waals surface area contributed by atoms with Gasteiger partial charge in [-0.3, -0.25) is 15.0 Å². The lowest BCUT2D eigenvalue weighted by Gasteiger charge is -2.22. The molecule has 2 N–H and O–H groups in total. The van der Waals surface area contributed by atoms with Gasteiger partial charge in [-0.25, -0.2) is 4.79 Å². The second kappa shape index (κ2) is 7.34. The molecular formula is C21H23N3O4. The van der Waals surface area contributed by atoms with Crippen LogP contribution in [0.2, 0.25) is 0 Å². The lowest BCUT2D eigenvalue weighted by Crippen LogP contribution is -2.47. The number of benzene rings is 2. The van der Waals surface area contributed by atoms with E-state index in [-0.39, 0.29) is 0 Å². The smallest absolute Gasteiger partial charge is 0.344 e. The third-order valence-electron chi connectivity index (χ3n) is 4.91. The predicted molar refractivity (Wildman–Crippen MR) is 104 cm³/mol. The Bertz CT molecular complexity index is 906. The molecule has 1 aliphatic rings. The minimum atomic E-state index is -1.28. The van der Waals surface area contributed by atoms with Gasteiger partial charge in [0, 0.05) is 5.56 Å². The van der Waals surface area contributed by atoms with Crippen LogP contribution >= 0.6 is 0 Å². The van der Waals surface area contributed by atoms with Crippen LogP contribution in [-0.4, -0.2) is 30.0 Å². The van der Waals surface area contributed by atoms with Gasteiger partial charge in [0.25, 0.3) is 11.8 Å². The van der Waals surface area contributed by atoms with E-state index in [0.717, 1.165) is 10.6 Å². The first-order valence-corrected chi connectivity index (χ1v) is 8.98. The first-order chi connectivity index (χ1) is 13.3. The van der Waals surface area contributed by atoms with Gasteiger partial charge in [0.2, 0.25) is 0 Å². The number of urea groups is 1. The number of ether oxygens (including phenoxy) is 1. The van der Waals surface area contributed by atoms with Crippen LogP contribution in [0.1, 0.15) is 48.2 Å². The molecule has 0 spiro atoms. The summed E-state index contributed by atoms with van der Waals surface area (Å²) in [5.41, 5.74) is 3.17. The molecule has 0 radical (unpaired) electrons. The standard InChI is InChI=1S/C21H23N3O4/c1-13(2)14-5-7-15(8-6-14)18(25)23-24-19(26)21(3,22-20(24)27)16-9-11-17(28-4)12-10-16/h5-13H,1-4H3,(H,22,27)(H,23,25)/t21-/m0/s1. The highest BCUT2D eigenvalue weighted by Crippen LogP contribution is 2.29. The van der Waals surface area contributed by atoms with Gasteiger partial charge in [0.15, 0.2) is 0 Å². The van der Waals surface area contributed by atoms with E-state index in [2.05, 4.69) is 24.6 Å². The largest absolute Gasteiger partial charge is 0.497 e. The summed E-state index contributed by atoms with van der Waals surface area (Å²) < 4.78 is 5.12. The molecule has 0 unspecified atom stereocenters. The van der Waals surface area contributed by atoms with E-state index in [9.17, 15) is 14.4 Å². The predicted octanol–water partition coefficient (Wildman–Crippen LogP) is 2.93. The van der Waals surface area contributed by atoms with Crippen molar-refractivity contribution in [3.63, 3.8) is 0 Å². The van der Waals surface area contributed by atoms with Crippen molar-refractivity contribution in [2.75, 3.05) is 7.11 Å². The number of nitrogens with zero attached hydrogens (tertiary/aromatic N) is 1. The average molecular weight is 381 g/mol. The van der Waals surface area contributed by atoms with E-state index in [1.54, 1.807) is 50.4 Å². The monoisotopic (exact) mass is 381 g/mol. The van der Waals surface area contributed by atoms with Crippen LogP contribution in [0.3, 0.4) is 0 Å². The Labute approximate surface area is 163 Å². The second-order valence-corrected chi connectivity index (χ2v) is 7.14. The van der Waals surface area contributed by atoms with Gasteiger partial charge < -0.3 is 10.1 Å². The van der Waals surface area contributed by atoms with E-state index >= 15 is 0 Å². The van der Waals surface area contributed by atoms with Crippen LogP contribution in [0.4, 0.5) is 4.79 Å². The number of rotatable bonds is 5. The van der Waals surface area contributed by atoms with E-state index in [4.69, 9.17) is 4.74 Å². The van der Waals surface area contributed by atoms with Gasteiger partial charge in [-0.15, -0.1) is 0 Å². The van der Waals surface area contributed by atoms with Crippen molar-refractivity contribution in [3.05, 3.63) is 65.2 Å². The highest BCUT2D eigenvalue weighted by atomic mass is 16.5. The van der Waals surface area contributed by atoms with E-state index < -0.39 is 23.4 Å². The topological polar surface area (TPSA) is 87.7 Å². The Balaban J connectivity index is 1.78. The van der Waals surface area contributed by atoms with Crippen LogP contribution in [0.15, 0.2) is 48.5 Å². The number of nitrogens with one attached hydrogen (secondary N) is 2. The lowest BCUT2D eigenvalue weighted by atomic mass is 9.92. The van der Waals surface area contributed by atoms with Gasteiger partial charge in [-0.1, -0.05) is 38.1 Å². The normalized spacial score (nSPS) is 19.0. The molecule has 1 aliphatic heterocycles. The van der Waals surface area contributed by atoms with Crippen molar-refractivity contribution < 1.29 is 19.1 Å². The number of amides is 4. The second-order valence-electron chi connectivity index (χ2n) is 7.14. The number of hydrazine groups is 1. The molecule has 7 nitrogen and oxygen atoms in total. The average Bonchev–Trinajstić information content (AvgIpc) is 2.92. The highest BCUT2D eigenvalue weighted by Gasteiger charge is 2.50. The van der Waals surface area contributed by atoms with Crippen molar-refractivity contribution in [2.24, 2.45) is 0 Å². The molecule has 1 heterocycles. The fourth-order valence-corrected chi connectivity index (χ4v) is 3.05. The molecule has 28 heavy (non-hydrogen) atoms. The summed E-state index contributed by atoms with van der Waals surface area (Å²) in [7, 11) is 1.55. The molecular weight excluding hydrogens is 358 g/mol. The van der Waals surface area contributed by atoms with Crippen molar-refractivity contribution in [1.82, 2.24) is 15.8 Å². The molecule has 0 aromatic heterocycles. The molecule has 7 heteroatoms. The number of methoxy groups -OCH3 is 1. The summed E-state index contributed by atoms with van der Waals surface area (Å²) in [4.78, 5) is 37.8. The number of imide groups is 1. The molecule has 1 saturated heterocycles. The van der Waals surface area contributed by atoms with Crippen molar-refractivity contribution in [1.29, 1.82) is 0 Å². The third kappa shape index (κ3) is 3.43. The molecule has 0 bridgehead atoms. The van der Waals surface area contributed by atoms with Gasteiger partial charge in [-0.2, -0.15) is 5.01 Å². The molecule has 0 saturated carbocycles. The quantitative estimate of drug-likeness (QED) is 0.780. The lowest BCUT2D eigenvalue weighted by molar-refractivity contribution is -0.132. The minimum Gasteiger partial charge on any atom is -0.497 e. The van der Waals surface area contributed by atoms with Gasteiger partial charge >= 0.3 is 6.03 Å². The Morgan fingerprint density at radius 2 is 1.68 bits per heavy atom. The SMILES string of the molecule is COc1ccc([C@]2(C)NC(=O)N(NC(=O)c3ccc(C(C)C)cc3)C2=O)cc1. The maximum absolute atomic E-state index is 12.9. The third-order valence-corrected chi connectivity index (χ3v) is 4.91. The molecule has 1 fully saturated rings. The number of hydrogen-bond donors (Lipinski definition) is 2. The van der Waals surface area contributed by atoms with Gasteiger partial charge in [0.1, 0.15) is 11.3 Å². The Kier molecular flexibility index (Phi) is 5.09. The zero-order valence-electron chi connectivity index (χ0n) is 16.3. The summed E-state index contributed by atoms with van der Waals surface area (Å²) in [5, 5.41) is 3.37. The molecule has 4 amide bonds. The van der Waals surface area contributed by atoms with Gasteiger partial charge in [-0.05, 0) is 48.2 Å². The molecule has 2 aromatic carbocycles. The van der Waals surface area contributed by atoms with Crippen LogP contribution in [0.25, 0.3) is 0 Å². The minimum absolute atomic E-state index is 0.341. The van der Waals surface area contributed by atoms with Gasteiger partial charge in [0.05, 0.1) is 7.11 Å². The summed E-state index contributed by atoms with van der Waals surface area (Å²) in [6, 6.07) is 13.2. The number of hydrogen-bond acceptors (Lipinski definition) is 4. The van der Waals surface area contributed by atoms with Crippen LogP contribution in [0.5, 0.6) is 5.75 Å². The van der Waals surface area contributed by atoms with Crippen molar-refractivity contribution in [2.45, 2.75) is 32.2 Å². The maximum atomic E-state index is 12.9. The summed E-state index contributed by atoms with van der Waals surface area (Å²) in [5.74, 6) is -0.111. The zero-order chi connectivity index (χ0) is 20.5. The van der Waals surface area contributed by atoms with Crippen molar-refractivity contribution >= 4 is 17.8 Å². The first kappa shape index (κ1) is 19.4. The fraction of sp³-hybridized carbons (Fsp3) is 0.286. The zero-order valence-corrected chi connectivity index (χ0v) is 16.3. The fourth-order valence-electron chi connectivity index (χ4n) is 3.05. The maximum Gasteiger partial charge on any atom is 0.344 e. The van der Waals surface area contributed by atoms with Crippen LogP contribution in [0, 0.1) is 0 Å². The summed E-state index contributed by atoms with van der Waals surface area (Å²) in [6.45, 7) is 5.71. The van der Waals surface area contributed by atoms with E-state index in [0.29, 0.717) is 22.8 Å². The molecule has 3 rings (SSSR count). The van der Waals surface area contributed by atoms with E-state index in [1.165, 1.54) is 0 Å². The Morgan fingerprint density at radius 1 is 1.07 bits per heavy atom. The Hall–Kier alpha value is -3.35. The van der Waals surface area contributed by atoms with E-state index in [1.807, 2.05) is 12.1 Å². The highest BCUT2D eigenvalue weighted by molar-refractivity contribution is 6.09. The number of carbonyl (C=O) groups is 3. The number of carbonyl (C=O) groups excluding carboxylic acids is 3. The van der Waals surface area contributed by atoms with Crippen LogP contribution in [-0.2, 0) is 10.3 Å².